The van der Waals surface area contributed by atoms with Crippen LogP contribution in [0.3, 0.4) is 0 Å². The molecule has 0 spiro atoms. The molecule has 0 atom stereocenters. The maximum Gasteiger partial charge on any atom is 0.417 e. The molecule has 13 heteroatoms. The summed E-state index contributed by atoms with van der Waals surface area (Å²) in [5, 5.41) is 5.80. The van der Waals surface area contributed by atoms with Crippen molar-refractivity contribution in [1.29, 1.82) is 0 Å². The maximum absolute atomic E-state index is 12.6. The number of rotatable bonds is 5. The van der Waals surface area contributed by atoms with Gasteiger partial charge in [-0.05, 0) is 12.0 Å². The van der Waals surface area contributed by atoms with Crippen LogP contribution in [0.25, 0.3) is 5.78 Å². The van der Waals surface area contributed by atoms with Gasteiger partial charge in [0.1, 0.15) is 6.33 Å². The quantitative estimate of drug-likeness (QED) is 0.604. The van der Waals surface area contributed by atoms with Crippen LogP contribution in [-0.2, 0) is 15.7 Å². The highest BCUT2D eigenvalue weighted by Gasteiger charge is 2.31. The number of halogens is 4. The monoisotopic (exact) mass is 442 g/mol. The Bertz CT molecular complexity index is 1120. The molecular weight excluding hydrogens is 429 g/mol. The first-order chi connectivity index (χ1) is 14.1. The maximum atomic E-state index is 12.6. The van der Waals surface area contributed by atoms with Crippen LogP contribution in [-0.4, -0.2) is 43.0 Å². The molecule has 0 radical (unpaired) electrons. The molecule has 0 aliphatic rings. The molecule has 3 aromatic rings. The van der Waals surface area contributed by atoms with Gasteiger partial charge in [-0.25, -0.2) is 19.3 Å². The summed E-state index contributed by atoms with van der Waals surface area (Å²) in [4.78, 5) is 35.9. The summed E-state index contributed by atoms with van der Waals surface area (Å²) in [5.41, 5.74) is -0.467. The molecule has 0 bridgehead atoms. The van der Waals surface area contributed by atoms with Crippen LogP contribution in [0.4, 0.5) is 19.0 Å². The normalized spacial score (nSPS) is 11.7. The van der Waals surface area contributed by atoms with Crippen molar-refractivity contribution in [3.63, 3.8) is 0 Å². The molecule has 3 rings (SSSR count). The van der Waals surface area contributed by atoms with Crippen LogP contribution in [0.2, 0.25) is 5.02 Å². The van der Waals surface area contributed by atoms with E-state index >= 15 is 0 Å². The molecule has 1 amide bonds. The summed E-state index contributed by atoms with van der Waals surface area (Å²) in [6.07, 6.45) is -1.53. The van der Waals surface area contributed by atoms with Gasteiger partial charge in [0.05, 0.1) is 21.8 Å². The molecule has 0 aromatic carbocycles. The van der Waals surface area contributed by atoms with E-state index in [2.05, 4.69) is 25.4 Å². The van der Waals surface area contributed by atoms with Gasteiger partial charge in [-0.1, -0.05) is 25.4 Å². The van der Waals surface area contributed by atoms with E-state index in [-0.39, 0.29) is 17.3 Å². The third kappa shape index (κ3) is 4.48. The molecule has 0 aliphatic heterocycles. The second-order valence-electron chi connectivity index (χ2n) is 6.36. The summed E-state index contributed by atoms with van der Waals surface area (Å²) in [6, 6.07) is 0.629. The largest absolute Gasteiger partial charge is 0.452 e. The number of hydrogen-bond acceptors (Lipinski definition) is 7. The summed E-state index contributed by atoms with van der Waals surface area (Å²) in [5.74, 6) is -1.79. The minimum atomic E-state index is -4.62. The van der Waals surface area contributed by atoms with Crippen molar-refractivity contribution < 1.29 is 27.5 Å². The summed E-state index contributed by atoms with van der Waals surface area (Å²) < 4.78 is 44.3. The average Bonchev–Trinajstić information content (AvgIpc) is 3.14. The molecule has 0 unspecified atom stereocenters. The fraction of sp³-hybridized carbons (Fsp3) is 0.294. The first-order valence-corrected chi connectivity index (χ1v) is 8.84. The molecule has 1 N–H and O–H groups in total. The van der Waals surface area contributed by atoms with E-state index in [1.807, 2.05) is 13.8 Å². The van der Waals surface area contributed by atoms with Crippen molar-refractivity contribution >= 4 is 35.1 Å². The first-order valence-electron chi connectivity index (χ1n) is 8.46. The van der Waals surface area contributed by atoms with Crippen molar-refractivity contribution in [2.45, 2.75) is 25.9 Å². The molecular formula is C17H14ClF3N6O3. The lowest BCUT2D eigenvalue weighted by atomic mass is 10.1. The molecule has 9 nitrogen and oxygen atoms in total. The lowest BCUT2D eigenvalue weighted by Crippen LogP contribution is -2.23. The van der Waals surface area contributed by atoms with Crippen molar-refractivity contribution in [1.82, 2.24) is 24.6 Å². The number of esters is 1. The number of alkyl halides is 3. The van der Waals surface area contributed by atoms with Crippen molar-refractivity contribution in [2.24, 2.45) is 0 Å². The van der Waals surface area contributed by atoms with Crippen LogP contribution in [0.5, 0.6) is 0 Å². The Hall–Kier alpha value is -3.28. The molecule has 0 saturated heterocycles. The van der Waals surface area contributed by atoms with Crippen LogP contribution in [0, 0.1) is 0 Å². The van der Waals surface area contributed by atoms with Gasteiger partial charge in [-0.3, -0.25) is 4.79 Å². The molecule has 3 aromatic heterocycles. The van der Waals surface area contributed by atoms with E-state index in [1.165, 1.54) is 17.0 Å². The number of carbonyl (C=O) groups is 2. The van der Waals surface area contributed by atoms with E-state index in [4.69, 9.17) is 16.3 Å². The lowest BCUT2D eigenvalue weighted by Gasteiger charge is -2.13. The Kier molecular flexibility index (Phi) is 5.87. The van der Waals surface area contributed by atoms with Crippen molar-refractivity contribution in [3.8, 4) is 0 Å². The van der Waals surface area contributed by atoms with Crippen molar-refractivity contribution in [3.05, 3.63) is 46.6 Å². The zero-order chi connectivity index (χ0) is 22.1. The smallest absolute Gasteiger partial charge is 0.417 e. The summed E-state index contributed by atoms with van der Waals surface area (Å²) in [7, 11) is 0. The number of hydrogen-bond donors (Lipinski definition) is 1. The van der Waals surface area contributed by atoms with Gasteiger partial charge >= 0.3 is 12.1 Å². The molecule has 0 aliphatic carbocycles. The highest BCUT2D eigenvalue weighted by Crippen LogP contribution is 2.32. The first kappa shape index (κ1) is 21.4. The molecule has 0 fully saturated rings. The number of amides is 1. The number of pyridine rings is 1. The van der Waals surface area contributed by atoms with Gasteiger partial charge in [0.2, 0.25) is 0 Å². The van der Waals surface area contributed by atoms with E-state index in [1.54, 1.807) is 0 Å². The van der Waals surface area contributed by atoms with E-state index in [0.717, 1.165) is 0 Å². The topological polar surface area (TPSA) is 111 Å². The fourth-order valence-electron chi connectivity index (χ4n) is 2.57. The fourth-order valence-corrected chi connectivity index (χ4v) is 2.78. The second kappa shape index (κ2) is 8.22. The predicted octanol–water partition coefficient (Wildman–Crippen LogP) is 3.11. The number of anilines is 1. The van der Waals surface area contributed by atoms with Gasteiger partial charge in [0.25, 0.3) is 11.7 Å². The van der Waals surface area contributed by atoms with E-state index in [0.29, 0.717) is 23.7 Å². The van der Waals surface area contributed by atoms with Crippen molar-refractivity contribution in [2.75, 3.05) is 11.9 Å². The molecule has 158 valence electrons. The van der Waals surface area contributed by atoms with Crippen LogP contribution < -0.4 is 5.32 Å². The zero-order valence-corrected chi connectivity index (χ0v) is 16.3. The van der Waals surface area contributed by atoms with Gasteiger partial charge in [-0.2, -0.15) is 23.3 Å². The predicted molar refractivity (Wildman–Crippen MR) is 98.0 cm³/mol. The SMILES string of the molecule is CC(C)c1c(C(=O)OCC(=O)Nc2ncc(C(F)(F)F)cc2Cl)cnc2ncnn12. The third-order valence-electron chi connectivity index (χ3n) is 3.87. The standard InChI is InChI=1S/C17H14ClF3N6O3/c1-8(2)13-10(5-23-16-24-7-25-27(13)16)15(29)30-6-12(28)26-14-11(18)3-9(4-22-14)17(19,20)21/h3-5,7-8H,6H2,1-2H3,(H,22,26,28). The molecule has 3 heterocycles. The molecule has 0 saturated carbocycles. The van der Waals surface area contributed by atoms with Gasteiger partial charge in [-0.15, -0.1) is 0 Å². The number of ether oxygens (including phenoxy) is 1. The van der Waals surface area contributed by atoms with Gasteiger partial charge < -0.3 is 10.1 Å². The Labute approximate surface area is 172 Å². The van der Waals surface area contributed by atoms with Crippen LogP contribution in [0.1, 0.15) is 41.4 Å². The highest BCUT2D eigenvalue weighted by atomic mass is 35.5. The van der Waals surface area contributed by atoms with Gasteiger partial charge in [0.15, 0.2) is 12.4 Å². The Morgan fingerprint density at radius 1 is 1.23 bits per heavy atom. The number of nitrogens with zero attached hydrogens (tertiary/aromatic N) is 5. The Morgan fingerprint density at radius 3 is 2.60 bits per heavy atom. The average molecular weight is 443 g/mol. The second-order valence-corrected chi connectivity index (χ2v) is 6.77. The number of fused-ring (bicyclic) bond motifs is 1. The van der Waals surface area contributed by atoms with Crippen LogP contribution in [0.15, 0.2) is 24.8 Å². The minimum Gasteiger partial charge on any atom is -0.452 e. The zero-order valence-electron chi connectivity index (χ0n) is 15.6. The minimum absolute atomic E-state index is 0.0986. The van der Waals surface area contributed by atoms with E-state index < -0.39 is 35.2 Å². The van der Waals surface area contributed by atoms with E-state index in [9.17, 15) is 22.8 Å². The van der Waals surface area contributed by atoms with Crippen LogP contribution >= 0.6 is 11.6 Å². The Balaban J connectivity index is 1.69. The summed E-state index contributed by atoms with van der Waals surface area (Å²) >= 11 is 5.73. The highest BCUT2D eigenvalue weighted by molar-refractivity contribution is 6.33. The Morgan fingerprint density at radius 2 is 1.97 bits per heavy atom. The number of aromatic nitrogens is 5. The number of nitrogens with one attached hydrogen (secondary N) is 1. The number of carbonyl (C=O) groups excluding carboxylic acids is 2. The lowest BCUT2D eigenvalue weighted by molar-refractivity contribution is -0.137. The molecule has 30 heavy (non-hydrogen) atoms. The summed E-state index contributed by atoms with van der Waals surface area (Å²) in [6.45, 7) is 2.95. The third-order valence-corrected chi connectivity index (χ3v) is 4.16. The van der Waals surface area contributed by atoms with Gasteiger partial charge in [0, 0.05) is 12.4 Å².